The Morgan fingerprint density at radius 2 is 1.90 bits per heavy atom. The first-order valence-electron chi connectivity index (χ1n) is 7.62. The van der Waals surface area contributed by atoms with Gasteiger partial charge < -0.3 is 20.9 Å². The molecule has 3 N–H and O–H groups in total. The molecule has 118 valence electrons. The van der Waals surface area contributed by atoms with Gasteiger partial charge in [-0.2, -0.15) is 0 Å². The molecule has 2 fully saturated rings. The lowest BCUT2D eigenvalue weighted by Crippen LogP contribution is -2.53. The molecule has 2 bridgehead atoms. The standard InChI is InChI=1S/C14H24N4O3/c1-10-4-5-15-7-12(19)16-8-13(20)17-11-3-2-6-18(9-11)14(10)21/h10-11,15H,2-9H2,1H3,(H,16,19)(H,17,20). The molecule has 0 aromatic carbocycles. The van der Waals surface area contributed by atoms with Gasteiger partial charge in [-0.15, -0.1) is 0 Å². The maximum atomic E-state index is 12.4. The number of nitrogens with one attached hydrogen (secondary N) is 3. The second kappa shape index (κ2) is 7.40. The van der Waals surface area contributed by atoms with E-state index in [0.29, 0.717) is 19.5 Å². The van der Waals surface area contributed by atoms with Gasteiger partial charge in [-0.1, -0.05) is 6.92 Å². The van der Waals surface area contributed by atoms with Crippen LogP contribution in [0.4, 0.5) is 0 Å². The first-order chi connectivity index (χ1) is 10.1. The Kier molecular flexibility index (Phi) is 5.55. The Morgan fingerprint density at radius 3 is 2.71 bits per heavy atom. The molecule has 2 rings (SSSR count). The summed E-state index contributed by atoms with van der Waals surface area (Å²) in [6.45, 7) is 4.01. The Labute approximate surface area is 124 Å². The van der Waals surface area contributed by atoms with Gasteiger partial charge in [0.05, 0.1) is 13.1 Å². The van der Waals surface area contributed by atoms with E-state index in [0.717, 1.165) is 19.4 Å². The number of carbonyl (C=O) groups is 3. The fourth-order valence-electron chi connectivity index (χ4n) is 2.77. The largest absolute Gasteiger partial charge is 0.350 e. The monoisotopic (exact) mass is 296 g/mol. The van der Waals surface area contributed by atoms with Crippen LogP contribution >= 0.6 is 0 Å². The second-order valence-corrected chi connectivity index (χ2v) is 5.83. The van der Waals surface area contributed by atoms with Crippen LogP contribution in [0.1, 0.15) is 26.2 Å². The predicted molar refractivity (Wildman–Crippen MR) is 77.4 cm³/mol. The van der Waals surface area contributed by atoms with E-state index in [2.05, 4.69) is 16.0 Å². The number of fused-ring (bicyclic) bond motifs is 2. The number of piperidine rings is 1. The number of nitrogens with zero attached hydrogens (tertiary/aromatic N) is 1. The lowest BCUT2D eigenvalue weighted by Gasteiger charge is -2.35. The summed E-state index contributed by atoms with van der Waals surface area (Å²) in [7, 11) is 0. The van der Waals surface area contributed by atoms with Crippen LogP contribution in [0.3, 0.4) is 0 Å². The third kappa shape index (κ3) is 4.70. The quantitative estimate of drug-likeness (QED) is 0.526. The van der Waals surface area contributed by atoms with Crippen molar-refractivity contribution in [2.45, 2.75) is 32.2 Å². The van der Waals surface area contributed by atoms with Crippen molar-refractivity contribution in [2.75, 3.05) is 32.7 Å². The maximum Gasteiger partial charge on any atom is 0.239 e. The van der Waals surface area contributed by atoms with Crippen LogP contribution in [0.5, 0.6) is 0 Å². The normalized spacial score (nSPS) is 29.4. The first kappa shape index (κ1) is 15.8. The molecule has 7 heteroatoms. The van der Waals surface area contributed by atoms with E-state index in [9.17, 15) is 14.4 Å². The molecule has 0 aliphatic carbocycles. The zero-order valence-corrected chi connectivity index (χ0v) is 12.5. The van der Waals surface area contributed by atoms with Crippen LogP contribution in [0.25, 0.3) is 0 Å². The molecule has 2 saturated heterocycles. The minimum absolute atomic E-state index is 0.0125. The van der Waals surface area contributed by atoms with Gasteiger partial charge in [0.25, 0.3) is 0 Å². The molecule has 2 aliphatic heterocycles. The number of amides is 3. The molecule has 0 spiro atoms. The molecule has 2 unspecified atom stereocenters. The van der Waals surface area contributed by atoms with Gasteiger partial charge >= 0.3 is 0 Å². The minimum atomic E-state index is -0.202. The predicted octanol–water partition coefficient (Wildman–Crippen LogP) is -1.16. The smallest absolute Gasteiger partial charge is 0.239 e. The highest BCUT2D eigenvalue weighted by atomic mass is 16.2. The van der Waals surface area contributed by atoms with Crippen LogP contribution in [0.2, 0.25) is 0 Å². The molecule has 0 radical (unpaired) electrons. The van der Waals surface area contributed by atoms with Gasteiger partial charge in [0.15, 0.2) is 0 Å². The topological polar surface area (TPSA) is 90.5 Å². The van der Waals surface area contributed by atoms with Crippen LogP contribution < -0.4 is 16.0 Å². The lowest BCUT2D eigenvalue weighted by molar-refractivity contribution is -0.137. The maximum absolute atomic E-state index is 12.4. The van der Waals surface area contributed by atoms with Crippen LogP contribution in [-0.2, 0) is 14.4 Å². The highest BCUT2D eigenvalue weighted by Gasteiger charge is 2.27. The van der Waals surface area contributed by atoms with Crippen molar-refractivity contribution in [3.8, 4) is 0 Å². The molecule has 0 aromatic heterocycles. The number of carbonyl (C=O) groups excluding carboxylic acids is 3. The van der Waals surface area contributed by atoms with Gasteiger partial charge in [-0.3, -0.25) is 14.4 Å². The summed E-state index contributed by atoms with van der Waals surface area (Å²) in [5.74, 6) is -0.338. The van der Waals surface area contributed by atoms with Crippen molar-refractivity contribution in [3.05, 3.63) is 0 Å². The fraction of sp³-hybridized carbons (Fsp3) is 0.786. The Morgan fingerprint density at radius 1 is 1.10 bits per heavy atom. The highest BCUT2D eigenvalue weighted by molar-refractivity contribution is 5.85. The summed E-state index contributed by atoms with van der Waals surface area (Å²) < 4.78 is 0. The summed E-state index contributed by atoms with van der Waals surface area (Å²) >= 11 is 0. The molecular formula is C14H24N4O3. The van der Waals surface area contributed by atoms with Crippen molar-refractivity contribution >= 4 is 17.7 Å². The average molecular weight is 296 g/mol. The van der Waals surface area contributed by atoms with E-state index >= 15 is 0 Å². The Hall–Kier alpha value is -1.63. The molecule has 2 aliphatic rings. The van der Waals surface area contributed by atoms with E-state index in [1.165, 1.54) is 0 Å². The van der Waals surface area contributed by atoms with E-state index in [1.54, 1.807) is 0 Å². The average Bonchev–Trinajstić information content (AvgIpc) is 2.48. The van der Waals surface area contributed by atoms with Crippen molar-refractivity contribution in [2.24, 2.45) is 5.92 Å². The number of hydrogen-bond donors (Lipinski definition) is 3. The molecule has 0 saturated carbocycles. The summed E-state index contributed by atoms with van der Waals surface area (Å²) in [4.78, 5) is 37.6. The Balaban J connectivity index is 2.01. The molecule has 21 heavy (non-hydrogen) atoms. The first-order valence-corrected chi connectivity index (χ1v) is 7.62. The van der Waals surface area contributed by atoms with Gasteiger partial charge in [-0.25, -0.2) is 0 Å². The molecule has 0 aromatic rings. The van der Waals surface area contributed by atoms with Crippen LogP contribution in [0, 0.1) is 5.92 Å². The second-order valence-electron chi connectivity index (χ2n) is 5.83. The van der Waals surface area contributed by atoms with Crippen LogP contribution in [0.15, 0.2) is 0 Å². The summed E-state index contributed by atoms with van der Waals surface area (Å²) in [5.41, 5.74) is 0. The van der Waals surface area contributed by atoms with Crippen molar-refractivity contribution in [1.82, 2.24) is 20.9 Å². The molecule has 7 nitrogen and oxygen atoms in total. The fourth-order valence-corrected chi connectivity index (χ4v) is 2.77. The number of hydrogen-bond acceptors (Lipinski definition) is 4. The summed E-state index contributed by atoms with van der Waals surface area (Å²) in [5, 5.41) is 8.47. The molecule has 2 atom stereocenters. The van der Waals surface area contributed by atoms with Gasteiger partial charge in [-0.05, 0) is 25.8 Å². The van der Waals surface area contributed by atoms with E-state index in [1.807, 2.05) is 11.8 Å². The zero-order chi connectivity index (χ0) is 15.2. The Bertz CT molecular complexity index is 413. The zero-order valence-electron chi connectivity index (χ0n) is 12.5. The number of rotatable bonds is 0. The van der Waals surface area contributed by atoms with Crippen LogP contribution in [-0.4, -0.2) is 61.4 Å². The molecule has 3 amide bonds. The third-order valence-corrected chi connectivity index (χ3v) is 4.01. The van der Waals surface area contributed by atoms with Crippen molar-refractivity contribution in [3.63, 3.8) is 0 Å². The molecular weight excluding hydrogens is 272 g/mol. The van der Waals surface area contributed by atoms with E-state index in [-0.39, 0.29) is 42.8 Å². The highest BCUT2D eigenvalue weighted by Crippen LogP contribution is 2.15. The van der Waals surface area contributed by atoms with Gasteiger partial charge in [0, 0.05) is 25.0 Å². The summed E-state index contributed by atoms with van der Waals surface area (Å²) in [6.07, 6.45) is 2.48. The minimum Gasteiger partial charge on any atom is -0.350 e. The lowest BCUT2D eigenvalue weighted by atomic mass is 10.0. The molecule has 2 heterocycles. The van der Waals surface area contributed by atoms with Crippen molar-refractivity contribution < 1.29 is 14.4 Å². The van der Waals surface area contributed by atoms with Gasteiger partial charge in [0.1, 0.15) is 0 Å². The van der Waals surface area contributed by atoms with Crippen molar-refractivity contribution in [1.29, 1.82) is 0 Å². The van der Waals surface area contributed by atoms with Gasteiger partial charge in [0.2, 0.25) is 17.7 Å². The third-order valence-electron chi connectivity index (χ3n) is 4.01. The van der Waals surface area contributed by atoms with E-state index < -0.39 is 0 Å². The van der Waals surface area contributed by atoms with E-state index in [4.69, 9.17) is 0 Å². The summed E-state index contributed by atoms with van der Waals surface area (Å²) in [6, 6.07) is -0.0135. The SMILES string of the molecule is CC1CCNCC(=O)NCC(=O)NC2CCCN(C2)C1=O.